The first kappa shape index (κ1) is 23.9. The number of para-hydroxylation sites is 1. The molecule has 7 nitrogen and oxygen atoms in total. The molecule has 0 unspecified atom stereocenters. The lowest BCUT2D eigenvalue weighted by Crippen LogP contribution is -2.19. The minimum atomic E-state index is -5.07. The summed E-state index contributed by atoms with van der Waals surface area (Å²) < 4.78 is 61.9. The van der Waals surface area contributed by atoms with Crippen LogP contribution < -0.4 is 20.5 Å². The summed E-state index contributed by atoms with van der Waals surface area (Å²) in [6.45, 7) is 1.78. The molecule has 37 heavy (non-hydrogen) atoms. The lowest BCUT2D eigenvalue weighted by molar-refractivity contribution is -0.154. The first-order chi connectivity index (χ1) is 17.6. The molecule has 2 aromatic heterocycles. The van der Waals surface area contributed by atoms with Crippen molar-refractivity contribution in [2.75, 3.05) is 0 Å². The van der Waals surface area contributed by atoms with E-state index in [1.165, 1.54) is 24.3 Å². The Morgan fingerprint density at radius 1 is 0.838 bits per heavy atom. The molecule has 10 heteroatoms. The number of ether oxygens (including phenoxy) is 2. The van der Waals surface area contributed by atoms with Gasteiger partial charge in [-0.3, -0.25) is 4.79 Å². The summed E-state index contributed by atoms with van der Waals surface area (Å²) in [4.78, 5) is 37.8. The molecule has 0 fully saturated rings. The van der Waals surface area contributed by atoms with E-state index in [0.717, 1.165) is 17.7 Å². The predicted octanol–water partition coefficient (Wildman–Crippen LogP) is 6.24. The number of aryl methyl sites for hydroxylation is 1. The monoisotopic (exact) mass is 508 g/mol. The van der Waals surface area contributed by atoms with Crippen molar-refractivity contribution < 1.29 is 36.3 Å². The predicted molar refractivity (Wildman–Crippen MR) is 126 cm³/mol. The van der Waals surface area contributed by atoms with Crippen LogP contribution in [0.1, 0.15) is 21.7 Å². The van der Waals surface area contributed by atoms with E-state index >= 15 is 0 Å². The average Bonchev–Trinajstić information content (AvgIpc) is 2.85. The van der Waals surface area contributed by atoms with E-state index in [-0.39, 0.29) is 22.5 Å². The van der Waals surface area contributed by atoms with Gasteiger partial charge in [-0.2, -0.15) is 13.2 Å². The van der Waals surface area contributed by atoms with E-state index in [9.17, 15) is 27.6 Å². The molecule has 0 bridgehead atoms. The van der Waals surface area contributed by atoms with Crippen LogP contribution in [-0.4, -0.2) is 5.97 Å². The number of fused-ring (bicyclic) bond motifs is 2. The first-order valence-electron chi connectivity index (χ1n) is 10.8. The SMILES string of the molecule is Cc1ccc(Oc2c(C(F)(F)F)oc3cc(OC(=O)c4cc5ccccc5oc4=O)ccc3c2=O)cc1. The zero-order chi connectivity index (χ0) is 26.3. The summed E-state index contributed by atoms with van der Waals surface area (Å²) in [5.41, 5.74) is -1.82. The van der Waals surface area contributed by atoms with Gasteiger partial charge in [-0.15, -0.1) is 0 Å². The standard InChI is InChI=1S/C27H15F3O7/c1-14-6-8-16(9-7-14)34-23-22(31)18-11-10-17(13-21(18)36-24(23)27(28,29)30)35-25(32)19-12-15-4-2-3-5-20(15)37-26(19)33/h2-13H,1H3. The third kappa shape index (κ3) is 4.68. The molecule has 0 saturated heterocycles. The molecule has 0 aliphatic carbocycles. The summed E-state index contributed by atoms with van der Waals surface area (Å²) in [5, 5.41) is 0.231. The fourth-order valence-electron chi connectivity index (χ4n) is 3.59. The van der Waals surface area contributed by atoms with Crippen molar-refractivity contribution in [1.29, 1.82) is 0 Å². The molecule has 5 aromatic rings. The number of halogens is 3. The Balaban J connectivity index is 1.53. The summed E-state index contributed by atoms with van der Waals surface area (Å²) >= 11 is 0. The number of hydrogen-bond donors (Lipinski definition) is 0. The maximum absolute atomic E-state index is 13.8. The van der Waals surface area contributed by atoms with Crippen LogP contribution in [0.3, 0.4) is 0 Å². The van der Waals surface area contributed by atoms with Crippen molar-refractivity contribution in [2.24, 2.45) is 0 Å². The molecule has 0 atom stereocenters. The first-order valence-corrected chi connectivity index (χ1v) is 10.8. The molecule has 0 amide bonds. The average molecular weight is 508 g/mol. The van der Waals surface area contributed by atoms with Gasteiger partial charge in [0, 0.05) is 11.5 Å². The molecule has 0 aliphatic heterocycles. The quantitative estimate of drug-likeness (QED) is 0.161. The molecule has 0 radical (unpaired) electrons. The van der Waals surface area contributed by atoms with Gasteiger partial charge in [0.05, 0.1) is 5.39 Å². The molecule has 5 rings (SSSR count). The topological polar surface area (TPSA) is 95.9 Å². The number of benzene rings is 3. The molecule has 0 N–H and O–H groups in total. The van der Waals surface area contributed by atoms with Gasteiger partial charge in [0.15, 0.2) is 0 Å². The minimum Gasteiger partial charge on any atom is -0.449 e. The van der Waals surface area contributed by atoms with E-state index in [2.05, 4.69) is 0 Å². The Hall–Kier alpha value is -4.86. The van der Waals surface area contributed by atoms with Crippen LogP contribution in [0.4, 0.5) is 13.2 Å². The van der Waals surface area contributed by atoms with Gasteiger partial charge in [0.2, 0.25) is 11.2 Å². The number of alkyl halides is 3. The minimum absolute atomic E-state index is 0.0162. The highest BCUT2D eigenvalue weighted by molar-refractivity contribution is 5.94. The highest BCUT2D eigenvalue weighted by Crippen LogP contribution is 2.38. The van der Waals surface area contributed by atoms with Gasteiger partial charge in [0.25, 0.3) is 5.76 Å². The van der Waals surface area contributed by atoms with Gasteiger partial charge >= 0.3 is 17.8 Å². The molecule has 0 spiro atoms. The Morgan fingerprint density at radius 2 is 1.54 bits per heavy atom. The third-order valence-electron chi connectivity index (χ3n) is 5.39. The van der Waals surface area contributed by atoms with Crippen LogP contribution in [0.2, 0.25) is 0 Å². The van der Waals surface area contributed by atoms with Gasteiger partial charge in [0.1, 0.15) is 28.2 Å². The van der Waals surface area contributed by atoms with E-state index in [4.69, 9.17) is 18.3 Å². The normalized spacial score (nSPS) is 11.6. The highest BCUT2D eigenvalue weighted by Gasteiger charge is 2.40. The van der Waals surface area contributed by atoms with Crippen LogP contribution >= 0.6 is 0 Å². The fraction of sp³-hybridized carbons (Fsp3) is 0.0741. The smallest absolute Gasteiger partial charge is 0.449 e. The van der Waals surface area contributed by atoms with Crippen molar-refractivity contribution in [3.63, 3.8) is 0 Å². The van der Waals surface area contributed by atoms with Crippen molar-refractivity contribution in [3.8, 4) is 17.2 Å². The van der Waals surface area contributed by atoms with E-state index in [0.29, 0.717) is 5.39 Å². The van der Waals surface area contributed by atoms with Gasteiger partial charge < -0.3 is 18.3 Å². The summed E-state index contributed by atoms with van der Waals surface area (Å²) in [5.74, 6) is -4.01. The summed E-state index contributed by atoms with van der Waals surface area (Å²) in [6.07, 6.45) is -5.07. The largest absolute Gasteiger partial charge is 0.453 e. The van der Waals surface area contributed by atoms with Crippen LogP contribution in [0.5, 0.6) is 17.2 Å². The molecular formula is C27H15F3O7. The number of rotatable bonds is 4. The van der Waals surface area contributed by atoms with Crippen LogP contribution in [0.25, 0.3) is 21.9 Å². The zero-order valence-corrected chi connectivity index (χ0v) is 18.9. The fourth-order valence-corrected chi connectivity index (χ4v) is 3.59. The molecule has 2 heterocycles. The third-order valence-corrected chi connectivity index (χ3v) is 5.39. The molecule has 0 saturated carbocycles. The van der Waals surface area contributed by atoms with E-state index in [1.807, 2.05) is 0 Å². The van der Waals surface area contributed by atoms with Gasteiger partial charge in [-0.25, -0.2) is 9.59 Å². The summed E-state index contributed by atoms with van der Waals surface area (Å²) in [7, 11) is 0. The van der Waals surface area contributed by atoms with Crippen LogP contribution in [-0.2, 0) is 6.18 Å². The number of hydrogen-bond acceptors (Lipinski definition) is 7. The van der Waals surface area contributed by atoms with Gasteiger partial charge in [-0.1, -0.05) is 35.9 Å². The van der Waals surface area contributed by atoms with Crippen molar-refractivity contribution in [1.82, 2.24) is 0 Å². The second-order valence-electron chi connectivity index (χ2n) is 8.04. The number of carbonyl (C=O) groups excluding carboxylic acids is 1. The summed E-state index contributed by atoms with van der Waals surface area (Å²) in [6, 6.07) is 17.1. The van der Waals surface area contributed by atoms with Crippen molar-refractivity contribution in [3.05, 3.63) is 110 Å². The second-order valence-corrected chi connectivity index (χ2v) is 8.04. The maximum atomic E-state index is 13.8. The van der Waals surface area contributed by atoms with Crippen molar-refractivity contribution >= 4 is 27.9 Å². The Kier molecular flexibility index (Phi) is 5.79. The molecule has 3 aromatic carbocycles. The second kappa shape index (κ2) is 8.98. The zero-order valence-electron chi connectivity index (χ0n) is 18.9. The number of carbonyl (C=O) groups is 1. The Bertz CT molecular complexity index is 1780. The van der Waals surface area contributed by atoms with E-state index in [1.54, 1.807) is 43.3 Å². The van der Waals surface area contributed by atoms with E-state index < -0.39 is 45.9 Å². The molecule has 0 aliphatic rings. The van der Waals surface area contributed by atoms with Crippen LogP contribution in [0.15, 0.2) is 91.2 Å². The van der Waals surface area contributed by atoms with Crippen LogP contribution in [0, 0.1) is 6.92 Å². The number of esters is 1. The Morgan fingerprint density at radius 3 is 2.27 bits per heavy atom. The Labute approximate surface area is 205 Å². The maximum Gasteiger partial charge on any atom is 0.453 e. The molecule has 186 valence electrons. The molecular weight excluding hydrogens is 493 g/mol. The lowest BCUT2D eigenvalue weighted by Gasteiger charge is -2.13. The highest BCUT2D eigenvalue weighted by atomic mass is 19.4. The lowest BCUT2D eigenvalue weighted by atomic mass is 10.2. The van der Waals surface area contributed by atoms with Crippen molar-refractivity contribution in [2.45, 2.75) is 13.1 Å². The van der Waals surface area contributed by atoms with Gasteiger partial charge in [-0.05, 0) is 43.3 Å².